The maximum atomic E-state index is 9.37. The van der Waals surface area contributed by atoms with Crippen molar-refractivity contribution in [1.82, 2.24) is 9.80 Å². The third kappa shape index (κ3) is 4.33. The van der Waals surface area contributed by atoms with Gasteiger partial charge in [-0.3, -0.25) is 9.80 Å². The molecule has 1 fully saturated rings. The predicted molar refractivity (Wildman–Crippen MR) is 97.2 cm³/mol. The summed E-state index contributed by atoms with van der Waals surface area (Å²) >= 11 is 6.51. The highest BCUT2D eigenvalue weighted by Crippen LogP contribution is 2.37. The molecule has 0 amide bonds. The van der Waals surface area contributed by atoms with E-state index in [0.717, 1.165) is 38.2 Å². The van der Waals surface area contributed by atoms with Gasteiger partial charge < -0.3 is 14.6 Å². The summed E-state index contributed by atoms with van der Waals surface area (Å²) in [7, 11) is 3.21. The van der Waals surface area contributed by atoms with Crippen molar-refractivity contribution in [2.45, 2.75) is 38.9 Å². The van der Waals surface area contributed by atoms with E-state index in [-0.39, 0.29) is 6.61 Å². The Hall–Kier alpha value is -1.01. The second kappa shape index (κ2) is 8.90. The number of hydrogen-bond donors (Lipinski definition) is 1. The van der Waals surface area contributed by atoms with Gasteiger partial charge in [0.05, 0.1) is 19.2 Å². The molecule has 2 rings (SSSR count). The van der Waals surface area contributed by atoms with Crippen molar-refractivity contribution >= 4 is 11.6 Å². The Balaban J connectivity index is 2.11. The Kier molecular flexibility index (Phi) is 7.16. The van der Waals surface area contributed by atoms with Crippen molar-refractivity contribution in [2.75, 3.05) is 40.5 Å². The van der Waals surface area contributed by atoms with E-state index in [0.29, 0.717) is 28.6 Å². The molecule has 0 radical (unpaired) electrons. The van der Waals surface area contributed by atoms with Gasteiger partial charge in [-0.25, -0.2) is 0 Å². The maximum absolute atomic E-state index is 9.37. The molecule has 1 atom stereocenters. The zero-order chi connectivity index (χ0) is 17.7. The normalized spacial score (nSPS) is 19.7. The molecule has 1 aromatic carbocycles. The lowest BCUT2D eigenvalue weighted by molar-refractivity contribution is 0.0349. The van der Waals surface area contributed by atoms with Crippen molar-refractivity contribution in [2.24, 2.45) is 0 Å². The number of rotatable bonds is 7. The van der Waals surface area contributed by atoms with Gasteiger partial charge in [-0.05, 0) is 31.9 Å². The first-order valence-corrected chi connectivity index (χ1v) is 8.87. The van der Waals surface area contributed by atoms with E-state index in [1.807, 2.05) is 12.1 Å². The topological polar surface area (TPSA) is 45.2 Å². The van der Waals surface area contributed by atoms with Gasteiger partial charge in [0.15, 0.2) is 11.5 Å². The molecule has 0 unspecified atom stereocenters. The molecule has 0 spiro atoms. The summed E-state index contributed by atoms with van der Waals surface area (Å²) in [5, 5.41) is 9.98. The highest BCUT2D eigenvalue weighted by Gasteiger charge is 2.28. The molecule has 5 nitrogen and oxygen atoms in total. The van der Waals surface area contributed by atoms with Crippen molar-refractivity contribution in [1.29, 1.82) is 0 Å². The molecule has 1 heterocycles. The zero-order valence-electron chi connectivity index (χ0n) is 15.1. The summed E-state index contributed by atoms with van der Waals surface area (Å²) < 4.78 is 10.7. The number of halogens is 1. The fraction of sp³-hybridized carbons (Fsp3) is 0.667. The Morgan fingerprint density at radius 3 is 2.58 bits per heavy atom. The third-order valence-corrected chi connectivity index (χ3v) is 5.11. The van der Waals surface area contributed by atoms with Crippen LogP contribution >= 0.6 is 11.6 Å². The fourth-order valence-corrected chi connectivity index (χ4v) is 3.75. The van der Waals surface area contributed by atoms with Gasteiger partial charge in [0.2, 0.25) is 0 Å². The van der Waals surface area contributed by atoms with Crippen LogP contribution in [-0.2, 0) is 6.54 Å². The summed E-state index contributed by atoms with van der Waals surface area (Å²) in [5.41, 5.74) is 1.04. The number of aliphatic hydroxyl groups is 1. The lowest BCUT2D eigenvalue weighted by Gasteiger charge is -2.43. The van der Waals surface area contributed by atoms with Crippen LogP contribution in [0.25, 0.3) is 0 Å². The van der Waals surface area contributed by atoms with Crippen molar-refractivity contribution in [3.05, 3.63) is 22.7 Å². The van der Waals surface area contributed by atoms with E-state index in [9.17, 15) is 5.11 Å². The van der Waals surface area contributed by atoms with Crippen LogP contribution in [0.3, 0.4) is 0 Å². The van der Waals surface area contributed by atoms with Crippen LogP contribution in [0, 0.1) is 0 Å². The highest BCUT2D eigenvalue weighted by atomic mass is 35.5. The SMILES string of the molecule is COc1ccc(CN2CCN(C(C)C)[C@@H](CCO)C2)c(Cl)c1OC. The molecule has 1 aliphatic rings. The van der Waals surface area contributed by atoms with Crippen molar-refractivity contribution in [3.8, 4) is 11.5 Å². The first-order valence-electron chi connectivity index (χ1n) is 8.50. The van der Waals surface area contributed by atoms with Crippen LogP contribution in [-0.4, -0.2) is 67.5 Å². The average molecular weight is 357 g/mol. The van der Waals surface area contributed by atoms with Crippen molar-refractivity contribution in [3.63, 3.8) is 0 Å². The largest absolute Gasteiger partial charge is 0.493 e. The first kappa shape index (κ1) is 19.3. The Bertz CT molecular complexity index is 539. The van der Waals surface area contributed by atoms with Gasteiger partial charge in [-0.2, -0.15) is 0 Å². The van der Waals surface area contributed by atoms with Gasteiger partial charge in [-0.1, -0.05) is 17.7 Å². The van der Waals surface area contributed by atoms with Crippen LogP contribution in [0.1, 0.15) is 25.8 Å². The molecule has 0 aromatic heterocycles. The number of hydrogen-bond acceptors (Lipinski definition) is 5. The Morgan fingerprint density at radius 1 is 1.25 bits per heavy atom. The Labute approximate surface area is 150 Å². The minimum atomic E-state index is 0.221. The second-order valence-corrected chi connectivity index (χ2v) is 6.88. The van der Waals surface area contributed by atoms with E-state index in [1.165, 1.54) is 0 Å². The molecule has 0 bridgehead atoms. The molecule has 1 saturated heterocycles. The third-order valence-electron chi connectivity index (χ3n) is 4.70. The Morgan fingerprint density at radius 2 is 2.00 bits per heavy atom. The number of ether oxygens (including phenoxy) is 2. The van der Waals surface area contributed by atoms with Gasteiger partial charge in [0, 0.05) is 44.9 Å². The minimum absolute atomic E-state index is 0.221. The van der Waals surface area contributed by atoms with Gasteiger partial charge in [0.25, 0.3) is 0 Å². The molecule has 0 saturated carbocycles. The number of nitrogens with zero attached hydrogens (tertiary/aromatic N) is 2. The lowest BCUT2D eigenvalue weighted by Crippen LogP contribution is -2.55. The molecular weight excluding hydrogens is 328 g/mol. The van der Waals surface area contributed by atoms with E-state index < -0.39 is 0 Å². The quantitative estimate of drug-likeness (QED) is 0.813. The molecule has 0 aliphatic carbocycles. The molecule has 1 aromatic rings. The van der Waals surface area contributed by atoms with E-state index in [1.54, 1.807) is 14.2 Å². The lowest BCUT2D eigenvalue weighted by atomic mass is 10.1. The predicted octanol–water partition coefficient (Wildman–Crippen LogP) is 2.63. The highest BCUT2D eigenvalue weighted by molar-refractivity contribution is 6.33. The van der Waals surface area contributed by atoms with Crippen LogP contribution in [0.4, 0.5) is 0 Å². The maximum Gasteiger partial charge on any atom is 0.179 e. The molecule has 1 aliphatic heterocycles. The van der Waals surface area contributed by atoms with E-state index in [2.05, 4.69) is 23.6 Å². The van der Waals surface area contributed by atoms with E-state index >= 15 is 0 Å². The van der Waals surface area contributed by atoms with Crippen LogP contribution in [0.2, 0.25) is 5.02 Å². The van der Waals surface area contributed by atoms with Gasteiger partial charge in [-0.15, -0.1) is 0 Å². The zero-order valence-corrected chi connectivity index (χ0v) is 15.8. The smallest absolute Gasteiger partial charge is 0.179 e. The summed E-state index contributed by atoms with van der Waals surface area (Å²) in [5.74, 6) is 1.23. The summed E-state index contributed by atoms with van der Waals surface area (Å²) in [6.45, 7) is 8.35. The monoisotopic (exact) mass is 356 g/mol. The summed E-state index contributed by atoms with van der Waals surface area (Å²) in [4.78, 5) is 4.87. The summed E-state index contributed by atoms with van der Waals surface area (Å²) in [6, 6.07) is 4.77. The molecular formula is C18H29ClN2O3. The van der Waals surface area contributed by atoms with Gasteiger partial charge >= 0.3 is 0 Å². The van der Waals surface area contributed by atoms with Crippen LogP contribution < -0.4 is 9.47 Å². The molecule has 24 heavy (non-hydrogen) atoms. The standard InChI is InChI=1S/C18H29ClN2O3/c1-13(2)21-9-8-20(12-15(21)7-10-22)11-14-5-6-16(23-3)18(24-4)17(14)19/h5-6,13,15,22H,7-12H2,1-4H3/t15-/m0/s1. The van der Waals surface area contributed by atoms with E-state index in [4.69, 9.17) is 21.1 Å². The van der Waals surface area contributed by atoms with Crippen LogP contribution in [0.5, 0.6) is 11.5 Å². The number of piperazine rings is 1. The van der Waals surface area contributed by atoms with Crippen LogP contribution in [0.15, 0.2) is 12.1 Å². The second-order valence-electron chi connectivity index (χ2n) is 6.51. The minimum Gasteiger partial charge on any atom is -0.493 e. The van der Waals surface area contributed by atoms with Crippen molar-refractivity contribution < 1.29 is 14.6 Å². The molecule has 136 valence electrons. The summed E-state index contributed by atoms with van der Waals surface area (Å²) in [6.07, 6.45) is 0.800. The average Bonchev–Trinajstić information content (AvgIpc) is 2.56. The first-order chi connectivity index (χ1) is 11.5. The fourth-order valence-electron chi connectivity index (χ4n) is 3.46. The number of benzene rings is 1. The molecule has 1 N–H and O–H groups in total. The molecule has 6 heteroatoms. The van der Waals surface area contributed by atoms with Gasteiger partial charge in [0.1, 0.15) is 0 Å². The number of aliphatic hydroxyl groups excluding tert-OH is 1. The number of methoxy groups -OCH3 is 2.